The van der Waals surface area contributed by atoms with Crippen LogP contribution in [0, 0.1) is 5.92 Å². The first kappa shape index (κ1) is 16.7. The first-order valence-corrected chi connectivity index (χ1v) is 8.91. The van der Waals surface area contributed by atoms with Gasteiger partial charge in [-0.3, -0.25) is 9.69 Å². The van der Waals surface area contributed by atoms with E-state index in [1.807, 2.05) is 25.1 Å². The van der Waals surface area contributed by atoms with Crippen molar-refractivity contribution < 1.29 is 9.90 Å². The molecule has 1 heterocycles. The van der Waals surface area contributed by atoms with Gasteiger partial charge in [0.2, 0.25) is 5.91 Å². The number of nitrogens with one attached hydrogen (secondary N) is 1. The summed E-state index contributed by atoms with van der Waals surface area (Å²) in [5.41, 5.74) is 1.03. The minimum Gasteiger partial charge on any atom is -0.385 e. The molecule has 0 atom stereocenters. The summed E-state index contributed by atoms with van der Waals surface area (Å²) in [5.74, 6) is -0.0584. The Morgan fingerprint density at radius 3 is 2.70 bits per heavy atom. The molecule has 1 aliphatic carbocycles. The summed E-state index contributed by atoms with van der Waals surface area (Å²) in [6, 6.07) is 5.86. The Morgan fingerprint density at radius 2 is 2.09 bits per heavy atom. The van der Waals surface area contributed by atoms with Gasteiger partial charge in [0, 0.05) is 24.0 Å². The van der Waals surface area contributed by atoms with E-state index in [1.54, 1.807) is 0 Å². The van der Waals surface area contributed by atoms with Crippen LogP contribution in [0.2, 0.25) is 5.02 Å². The van der Waals surface area contributed by atoms with Crippen LogP contribution in [0.3, 0.4) is 0 Å². The quantitative estimate of drug-likeness (QED) is 0.869. The van der Waals surface area contributed by atoms with Crippen LogP contribution in [0.25, 0.3) is 0 Å². The molecule has 3 rings (SSSR count). The lowest BCUT2D eigenvalue weighted by atomic mass is 9.67. The summed E-state index contributed by atoms with van der Waals surface area (Å²) in [6.45, 7) is 5.68. The van der Waals surface area contributed by atoms with E-state index >= 15 is 0 Å². The highest BCUT2D eigenvalue weighted by atomic mass is 35.5. The van der Waals surface area contributed by atoms with Gasteiger partial charge in [0.1, 0.15) is 0 Å². The fraction of sp³-hybridized carbons (Fsp3) is 0.611. The van der Waals surface area contributed by atoms with Crippen LogP contribution in [0.4, 0.5) is 0 Å². The SMILES string of the molecule is CCNC(=O)C1CC(O)(c2ccc(CN3CCCC3)c(Cl)c2)C1. The third-order valence-corrected chi connectivity index (χ3v) is 5.42. The summed E-state index contributed by atoms with van der Waals surface area (Å²) in [4.78, 5) is 14.2. The standard InChI is InChI=1S/C18H25ClN2O2/c1-2-20-17(22)14-10-18(23,11-14)15-6-5-13(16(19)9-15)12-21-7-3-4-8-21/h5-6,9,14,23H,2-4,7-8,10-12H2,1H3,(H,20,22). The van der Waals surface area contributed by atoms with Gasteiger partial charge >= 0.3 is 0 Å². The molecule has 1 aromatic rings. The highest BCUT2D eigenvalue weighted by Gasteiger charge is 2.47. The lowest BCUT2D eigenvalue weighted by molar-refractivity contribution is -0.142. The zero-order chi connectivity index (χ0) is 16.4. The van der Waals surface area contributed by atoms with Gasteiger partial charge in [-0.15, -0.1) is 0 Å². The number of benzene rings is 1. The summed E-state index contributed by atoms with van der Waals surface area (Å²) >= 11 is 6.43. The normalized spacial score (nSPS) is 27.7. The van der Waals surface area contributed by atoms with Crippen LogP contribution in [0.5, 0.6) is 0 Å². The molecule has 23 heavy (non-hydrogen) atoms. The molecule has 0 bridgehead atoms. The summed E-state index contributed by atoms with van der Waals surface area (Å²) in [6.07, 6.45) is 3.47. The zero-order valence-electron chi connectivity index (χ0n) is 13.6. The average molecular weight is 337 g/mol. The third kappa shape index (κ3) is 3.54. The van der Waals surface area contributed by atoms with Crippen molar-refractivity contribution in [1.29, 1.82) is 0 Å². The second kappa shape index (κ2) is 6.80. The summed E-state index contributed by atoms with van der Waals surface area (Å²) in [7, 11) is 0. The Balaban J connectivity index is 1.65. The van der Waals surface area contributed by atoms with Crippen molar-refractivity contribution in [2.24, 2.45) is 5.92 Å². The van der Waals surface area contributed by atoms with E-state index in [2.05, 4.69) is 10.2 Å². The number of likely N-dealkylation sites (tertiary alicyclic amines) is 1. The van der Waals surface area contributed by atoms with Crippen LogP contribution < -0.4 is 5.32 Å². The lowest BCUT2D eigenvalue weighted by Gasteiger charge is -2.43. The van der Waals surface area contributed by atoms with Crippen molar-refractivity contribution in [3.63, 3.8) is 0 Å². The highest BCUT2D eigenvalue weighted by molar-refractivity contribution is 6.31. The largest absolute Gasteiger partial charge is 0.385 e. The third-order valence-electron chi connectivity index (χ3n) is 5.07. The van der Waals surface area contributed by atoms with Gasteiger partial charge in [0.05, 0.1) is 5.60 Å². The molecule has 2 aliphatic rings. The minimum absolute atomic E-state index is 0.0360. The molecular formula is C18H25ClN2O2. The van der Waals surface area contributed by atoms with E-state index in [4.69, 9.17) is 11.6 Å². The van der Waals surface area contributed by atoms with E-state index in [0.717, 1.165) is 30.8 Å². The predicted molar refractivity (Wildman–Crippen MR) is 91.3 cm³/mol. The predicted octanol–water partition coefficient (Wildman–Crippen LogP) is 2.67. The second-order valence-electron chi connectivity index (χ2n) is 6.82. The van der Waals surface area contributed by atoms with Crippen molar-refractivity contribution in [3.8, 4) is 0 Å². The number of aliphatic hydroxyl groups is 1. The zero-order valence-corrected chi connectivity index (χ0v) is 14.4. The molecule has 0 aromatic heterocycles. The minimum atomic E-state index is -0.911. The monoisotopic (exact) mass is 336 g/mol. The van der Waals surface area contributed by atoms with Crippen molar-refractivity contribution in [2.45, 2.75) is 44.8 Å². The number of hydrogen-bond donors (Lipinski definition) is 2. The number of amides is 1. The Hall–Kier alpha value is -1.10. The van der Waals surface area contributed by atoms with E-state index in [9.17, 15) is 9.90 Å². The second-order valence-corrected chi connectivity index (χ2v) is 7.23. The highest BCUT2D eigenvalue weighted by Crippen LogP contribution is 2.46. The van der Waals surface area contributed by atoms with Crippen LogP contribution in [-0.4, -0.2) is 35.5 Å². The van der Waals surface area contributed by atoms with Gasteiger partial charge in [-0.2, -0.15) is 0 Å². The molecule has 2 fully saturated rings. The van der Waals surface area contributed by atoms with Gasteiger partial charge in [-0.1, -0.05) is 23.7 Å². The summed E-state index contributed by atoms with van der Waals surface area (Å²) in [5, 5.41) is 14.2. The van der Waals surface area contributed by atoms with Crippen molar-refractivity contribution in [1.82, 2.24) is 10.2 Å². The fourth-order valence-electron chi connectivity index (χ4n) is 3.64. The molecule has 1 aromatic carbocycles. The first-order chi connectivity index (χ1) is 11.0. The number of rotatable bonds is 5. The lowest BCUT2D eigenvalue weighted by Crippen LogP contribution is -2.48. The van der Waals surface area contributed by atoms with Crippen LogP contribution in [0.15, 0.2) is 18.2 Å². The van der Waals surface area contributed by atoms with E-state index in [1.165, 1.54) is 12.8 Å². The van der Waals surface area contributed by atoms with Gasteiger partial charge in [0.25, 0.3) is 0 Å². The van der Waals surface area contributed by atoms with Crippen LogP contribution in [-0.2, 0) is 16.9 Å². The molecule has 2 N–H and O–H groups in total. The van der Waals surface area contributed by atoms with Crippen molar-refractivity contribution >= 4 is 17.5 Å². The number of carbonyl (C=O) groups excluding carboxylic acids is 1. The topological polar surface area (TPSA) is 52.6 Å². The van der Waals surface area contributed by atoms with Crippen molar-refractivity contribution in [2.75, 3.05) is 19.6 Å². The Labute approximate surface area is 142 Å². The molecule has 0 radical (unpaired) electrons. The molecule has 0 spiro atoms. The average Bonchev–Trinajstić information content (AvgIpc) is 2.99. The maximum absolute atomic E-state index is 11.8. The smallest absolute Gasteiger partial charge is 0.223 e. The number of halogens is 1. The first-order valence-electron chi connectivity index (χ1n) is 8.53. The molecule has 0 unspecified atom stereocenters. The molecule has 4 nitrogen and oxygen atoms in total. The Bertz CT molecular complexity index is 578. The molecule has 5 heteroatoms. The maximum Gasteiger partial charge on any atom is 0.223 e. The molecule has 126 valence electrons. The maximum atomic E-state index is 11.8. The van der Waals surface area contributed by atoms with Gasteiger partial charge in [-0.25, -0.2) is 0 Å². The molecule has 1 saturated carbocycles. The van der Waals surface area contributed by atoms with E-state index in [0.29, 0.717) is 24.4 Å². The molecule has 1 saturated heterocycles. The van der Waals surface area contributed by atoms with E-state index < -0.39 is 5.60 Å². The molecule has 1 aliphatic heterocycles. The summed E-state index contributed by atoms with van der Waals surface area (Å²) < 4.78 is 0. The molecule has 1 amide bonds. The van der Waals surface area contributed by atoms with E-state index in [-0.39, 0.29) is 11.8 Å². The number of nitrogens with zero attached hydrogens (tertiary/aromatic N) is 1. The number of hydrogen-bond acceptors (Lipinski definition) is 3. The van der Waals surface area contributed by atoms with Gasteiger partial charge in [-0.05, 0) is 62.9 Å². The Morgan fingerprint density at radius 1 is 1.39 bits per heavy atom. The van der Waals surface area contributed by atoms with Crippen molar-refractivity contribution in [3.05, 3.63) is 34.3 Å². The van der Waals surface area contributed by atoms with Crippen LogP contribution in [0.1, 0.15) is 43.7 Å². The molecular weight excluding hydrogens is 312 g/mol. The van der Waals surface area contributed by atoms with Gasteiger partial charge in [0.15, 0.2) is 0 Å². The number of carbonyl (C=O) groups is 1. The van der Waals surface area contributed by atoms with Crippen LogP contribution >= 0.6 is 11.6 Å². The fourth-order valence-corrected chi connectivity index (χ4v) is 3.88. The Kier molecular flexibility index (Phi) is 4.95. The van der Waals surface area contributed by atoms with Gasteiger partial charge < -0.3 is 10.4 Å².